The van der Waals surface area contributed by atoms with Crippen molar-refractivity contribution in [1.82, 2.24) is 0 Å². The molecular formula is C25H33ClO10. The van der Waals surface area contributed by atoms with Gasteiger partial charge in [0, 0.05) is 30.9 Å². The maximum absolute atomic E-state index is 12.9. The molecule has 0 amide bonds. The van der Waals surface area contributed by atoms with Gasteiger partial charge in [-0.15, -0.1) is 0 Å². The van der Waals surface area contributed by atoms with Crippen molar-refractivity contribution in [2.45, 2.75) is 89.8 Å². The van der Waals surface area contributed by atoms with E-state index in [0.29, 0.717) is 41.9 Å². The molecule has 0 aromatic carbocycles. The minimum Gasteiger partial charge on any atom is -0.481 e. The lowest BCUT2D eigenvalue weighted by Crippen LogP contribution is -2.37. The Labute approximate surface area is 214 Å². The number of hydrogen-bond acceptors (Lipinski definition) is 9. The second-order valence-corrected chi connectivity index (χ2v) is 9.33. The second-order valence-electron chi connectivity index (χ2n) is 8.85. The molecule has 0 aromatic rings. The SMILES string of the molecule is CC(=O)OC/C1=C/C/C=C(/Cl)CC[C@H]2C[C@@H](OC(=O)C[C@H]1OC(C)=O)[C@@H]([C@H](O)/C=C(\C)CC(=O)O)O2. The van der Waals surface area contributed by atoms with Crippen molar-refractivity contribution in [2.24, 2.45) is 0 Å². The predicted octanol–water partition coefficient (Wildman–Crippen LogP) is 2.96. The number of aliphatic hydroxyl groups is 1. The van der Waals surface area contributed by atoms with Crippen LogP contribution in [-0.4, -0.2) is 71.2 Å². The lowest BCUT2D eigenvalue weighted by atomic mass is 10.0. The van der Waals surface area contributed by atoms with E-state index in [-0.39, 0.29) is 25.6 Å². The first-order valence-electron chi connectivity index (χ1n) is 11.7. The molecule has 5 atom stereocenters. The number of carboxylic acids is 1. The summed E-state index contributed by atoms with van der Waals surface area (Å²) in [6, 6.07) is 0. The second kappa shape index (κ2) is 14.2. The zero-order valence-corrected chi connectivity index (χ0v) is 21.4. The molecule has 2 aliphatic heterocycles. The molecule has 1 fully saturated rings. The minimum atomic E-state index is -1.21. The molecule has 200 valence electrons. The van der Waals surface area contributed by atoms with Crippen LogP contribution in [0.2, 0.25) is 0 Å². The fraction of sp³-hybridized carbons (Fsp3) is 0.600. The topological polar surface area (TPSA) is 146 Å². The third kappa shape index (κ3) is 10.1. The van der Waals surface area contributed by atoms with Crippen LogP contribution in [0, 0.1) is 0 Å². The van der Waals surface area contributed by atoms with Gasteiger partial charge in [-0.05, 0) is 26.2 Å². The molecule has 0 saturated carbocycles. The molecule has 36 heavy (non-hydrogen) atoms. The molecule has 0 aromatic heterocycles. The number of halogens is 1. The van der Waals surface area contributed by atoms with Crippen molar-refractivity contribution < 1.29 is 48.3 Å². The zero-order valence-electron chi connectivity index (χ0n) is 20.6. The molecule has 0 aliphatic carbocycles. The van der Waals surface area contributed by atoms with Crippen LogP contribution in [0.15, 0.2) is 34.4 Å². The highest BCUT2D eigenvalue weighted by molar-refractivity contribution is 6.29. The van der Waals surface area contributed by atoms with E-state index in [9.17, 15) is 24.3 Å². The van der Waals surface area contributed by atoms with E-state index in [1.54, 1.807) is 19.1 Å². The third-order valence-corrected chi connectivity index (χ3v) is 6.00. The smallest absolute Gasteiger partial charge is 0.310 e. The fourth-order valence-corrected chi connectivity index (χ4v) is 4.27. The maximum Gasteiger partial charge on any atom is 0.310 e. The Bertz CT molecular complexity index is 922. The fourth-order valence-electron chi connectivity index (χ4n) is 4.07. The largest absolute Gasteiger partial charge is 0.481 e. The number of fused-ring (bicyclic) bond motifs is 2. The Morgan fingerprint density at radius 3 is 2.58 bits per heavy atom. The predicted molar refractivity (Wildman–Crippen MR) is 128 cm³/mol. The number of carbonyl (C=O) groups excluding carboxylic acids is 3. The summed E-state index contributed by atoms with van der Waals surface area (Å²) < 4.78 is 22.1. The Hall–Kier alpha value is -2.69. The highest BCUT2D eigenvalue weighted by atomic mass is 35.5. The van der Waals surface area contributed by atoms with Crippen LogP contribution in [0.5, 0.6) is 0 Å². The van der Waals surface area contributed by atoms with E-state index in [1.807, 2.05) is 0 Å². The lowest BCUT2D eigenvalue weighted by Gasteiger charge is -2.24. The van der Waals surface area contributed by atoms with Gasteiger partial charge < -0.3 is 29.2 Å². The van der Waals surface area contributed by atoms with Crippen molar-refractivity contribution in [3.05, 3.63) is 34.4 Å². The summed E-state index contributed by atoms with van der Waals surface area (Å²) in [5, 5.41) is 20.3. The van der Waals surface area contributed by atoms with Gasteiger partial charge in [-0.1, -0.05) is 35.4 Å². The van der Waals surface area contributed by atoms with Gasteiger partial charge in [0.1, 0.15) is 31.0 Å². The highest BCUT2D eigenvalue weighted by Crippen LogP contribution is 2.31. The van der Waals surface area contributed by atoms with Crippen molar-refractivity contribution in [3.63, 3.8) is 0 Å². The Balaban J connectivity index is 2.32. The standard InChI is InChI=1S/C25H33ClO10/c1-14(10-23(30)31)9-20(29)25-22-11-19(35-25)8-7-18(26)6-4-5-17(13-33-15(2)27)21(34-16(3)28)12-24(32)36-22/h5-6,9,19-22,25,29H,4,7-8,10-13H2,1-3H3,(H,30,31)/b14-9+,17-5-,18-6+/t19-,20+,21+,22+,25+/m0/s1. The molecule has 11 heteroatoms. The number of carboxylic acid groups (broad SMARTS) is 1. The van der Waals surface area contributed by atoms with Crippen molar-refractivity contribution in [3.8, 4) is 0 Å². The van der Waals surface area contributed by atoms with Gasteiger partial charge in [0.05, 0.1) is 18.9 Å². The van der Waals surface area contributed by atoms with Gasteiger partial charge in [0.15, 0.2) is 0 Å². The normalized spacial score (nSPS) is 29.5. The summed E-state index contributed by atoms with van der Waals surface area (Å²) in [5.41, 5.74) is 0.832. The molecule has 0 unspecified atom stereocenters. The summed E-state index contributed by atoms with van der Waals surface area (Å²) >= 11 is 6.36. The highest BCUT2D eigenvalue weighted by Gasteiger charge is 2.41. The van der Waals surface area contributed by atoms with E-state index < -0.39 is 48.3 Å². The number of aliphatic carboxylic acids is 1. The zero-order chi connectivity index (χ0) is 26.8. The van der Waals surface area contributed by atoms with Gasteiger partial charge in [0.25, 0.3) is 0 Å². The van der Waals surface area contributed by atoms with Gasteiger partial charge in [-0.2, -0.15) is 0 Å². The quantitative estimate of drug-likeness (QED) is 0.287. The summed E-state index contributed by atoms with van der Waals surface area (Å²) in [6.07, 6.45) is 1.55. The van der Waals surface area contributed by atoms with Crippen molar-refractivity contribution >= 4 is 35.5 Å². The average Bonchev–Trinajstić information content (AvgIpc) is 3.15. The summed E-state index contributed by atoms with van der Waals surface area (Å²) in [6.45, 7) is 3.83. The number of aliphatic hydroxyl groups excluding tert-OH is 1. The van der Waals surface area contributed by atoms with Gasteiger partial charge >= 0.3 is 23.9 Å². The van der Waals surface area contributed by atoms with E-state index in [4.69, 9.17) is 35.7 Å². The minimum absolute atomic E-state index is 0.185. The van der Waals surface area contributed by atoms with Crippen molar-refractivity contribution in [2.75, 3.05) is 6.61 Å². The summed E-state index contributed by atoms with van der Waals surface area (Å²) in [5.74, 6) is -2.90. The molecule has 2 N–H and O–H groups in total. The Kier molecular flexibility index (Phi) is 11.6. The van der Waals surface area contributed by atoms with Crippen LogP contribution < -0.4 is 0 Å². The number of rotatable bonds is 7. The number of hydrogen-bond donors (Lipinski definition) is 2. The van der Waals surface area contributed by atoms with Crippen LogP contribution in [0.3, 0.4) is 0 Å². The van der Waals surface area contributed by atoms with Crippen LogP contribution in [0.25, 0.3) is 0 Å². The van der Waals surface area contributed by atoms with Crippen LogP contribution in [-0.2, 0) is 38.1 Å². The average molecular weight is 529 g/mol. The molecular weight excluding hydrogens is 496 g/mol. The van der Waals surface area contributed by atoms with Gasteiger partial charge in [-0.3, -0.25) is 19.2 Å². The Morgan fingerprint density at radius 1 is 1.22 bits per heavy atom. The number of ether oxygens (including phenoxy) is 4. The molecule has 0 radical (unpaired) electrons. The summed E-state index contributed by atoms with van der Waals surface area (Å²) in [4.78, 5) is 46.9. The third-order valence-electron chi connectivity index (χ3n) is 5.66. The van der Waals surface area contributed by atoms with Crippen molar-refractivity contribution in [1.29, 1.82) is 0 Å². The number of esters is 3. The first kappa shape index (κ1) is 29.5. The monoisotopic (exact) mass is 528 g/mol. The molecule has 2 aliphatic rings. The van der Waals surface area contributed by atoms with Gasteiger partial charge in [0.2, 0.25) is 0 Å². The molecule has 1 saturated heterocycles. The molecule has 2 rings (SSSR count). The van der Waals surface area contributed by atoms with Gasteiger partial charge in [-0.25, -0.2) is 0 Å². The first-order valence-corrected chi connectivity index (χ1v) is 12.1. The first-order chi connectivity index (χ1) is 16.9. The van der Waals surface area contributed by atoms with E-state index in [0.717, 1.165) is 0 Å². The number of carbonyl (C=O) groups is 4. The van der Waals surface area contributed by atoms with Crippen LogP contribution in [0.1, 0.15) is 59.3 Å². The molecule has 2 bridgehead atoms. The summed E-state index contributed by atoms with van der Waals surface area (Å²) in [7, 11) is 0. The van der Waals surface area contributed by atoms with Crippen LogP contribution in [0.4, 0.5) is 0 Å². The van der Waals surface area contributed by atoms with E-state index in [1.165, 1.54) is 19.9 Å². The lowest BCUT2D eigenvalue weighted by molar-refractivity contribution is -0.159. The molecule has 0 spiro atoms. The Morgan fingerprint density at radius 2 is 1.94 bits per heavy atom. The number of allylic oxidation sites excluding steroid dienone is 3. The molecule has 10 nitrogen and oxygen atoms in total. The van der Waals surface area contributed by atoms with E-state index >= 15 is 0 Å². The molecule has 2 heterocycles. The van der Waals surface area contributed by atoms with Crippen LogP contribution >= 0.6 is 11.6 Å². The van der Waals surface area contributed by atoms with E-state index in [2.05, 4.69) is 0 Å². The maximum atomic E-state index is 12.9.